The van der Waals surface area contributed by atoms with Crippen LogP contribution in [0, 0.1) is 17.8 Å². The van der Waals surface area contributed by atoms with E-state index in [2.05, 4.69) is 5.32 Å². The summed E-state index contributed by atoms with van der Waals surface area (Å²) in [7, 11) is 0. The second-order valence-corrected chi connectivity index (χ2v) is 5.27. The van der Waals surface area contributed by atoms with E-state index >= 15 is 0 Å². The highest BCUT2D eigenvalue weighted by Crippen LogP contribution is 2.47. The summed E-state index contributed by atoms with van der Waals surface area (Å²) in [5, 5.41) is 2.88. The van der Waals surface area contributed by atoms with Gasteiger partial charge in [0.2, 0.25) is 0 Å². The summed E-state index contributed by atoms with van der Waals surface area (Å²) in [6.45, 7) is 4.56. The molecule has 0 aromatic rings. The van der Waals surface area contributed by atoms with Crippen molar-refractivity contribution < 1.29 is 9.53 Å². The van der Waals surface area contributed by atoms with Crippen molar-refractivity contribution in [3.63, 3.8) is 0 Å². The highest BCUT2D eigenvalue weighted by Gasteiger charge is 2.39. The molecule has 0 spiro atoms. The molecule has 3 unspecified atom stereocenters. The summed E-state index contributed by atoms with van der Waals surface area (Å²) >= 11 is 0. The first kappa shape index (κ1) is 10.8. The minimum Gasteiger partial charge on any atom is -0.447 e. The van der Waals surface area contributed by atoms with Crippen LogP contribution in [0.2, 0.25) is 0 Å². The van der Waals surface area contributed by atoms with Gasteiger partial charge in [0.25, 0.3) is 0 Å². The molecule has 2 rings (SSSR count). The van der Waals surface area contributed by atoms with Gasteiger partial charge in [-0.1, -0.05) is 6.42 Å². The molecule has 2 saturated carbocycles. The largest absolute Gasteiger partial charge is 0.447 e. The Morgan fingerprint density at radius 1 is 1.40 bits per heavy atom. The van der Waals surface area contributed by atoms with Gasteiger partial charge in [-0.2, -0.15) is 0 Å². The Hall–Kier alpha value is -0.730. The Morgan fingerprint density at radius 3 is 2.73 bits per heavy atom. The van der Waals surface area contributed by atoms with Gasteiger partial charge < -0.3 is 10.1 Å². The number of fused-ring (bicyclic) bond motifs is 2. The number of rotatable bonds is 3. The zero-order valence-electron chi connectivity index (χ0n) is 9.66. The minimum atomic E-state index is -0.257. The molecule has 2 aliphatic carbocycles. The van der Waals surface area contributed by atoms with Gasteiger partial charge in [-0.05, 0) is 50.9 Å². The van der Waals surface area contributed by atoms with E-state index in [0.717, 1.165) is 18.4 Å². The van der Waals surface area contributed by atoms with Gasteiger partial charge in [0.15, 0.2) is 0 Å². The molecule has 3 atom stereocenters. The lowest BCUT2D eigenvalue weighted by Gasteiger charge is -2.21. The van der Waals surface area contributed by atoms with E-state index in [1.54, 1.807) is 0 Å². The molecule has 2 bridgehead atoms. The summed E-state index contributed by atoms with van der Waals surface area (Å²) in [6.07, 6.45) is 5.21. The lowest BCUT2D eigenvalue weighted by atomic mass is 9.89. The number of alkyl carbamates (subject to hydrolysis) is 1. The van der Waals surface area contributed by atoms with Crippen molar-refractivity contribution >= 4 is 6.09 Å². The quantitative estimate of drug-likeness (QED) is 0.779. The number of amides is 1. The molecule has 3 heteroatoms. The number of carbonyl (C=O) groups is 1. The van der Waals surface area contributed by atoms with Crippen molar-refractivity contribution in [3.8, 4) is 0 Å². The predicted octanol–water partition coefficient (Wildman–Crippen LogP) is 2.56. The van der Waals surface area contributed by atoms with Gasteiger partial charge in [-0.25, -0.2) is 4.79 Å². The monoisotopic (exact) mass is 211 g/mol. The number of hydrogen-bond acceptors (Lipinski definition) is 2. The van der Waals surface area contributed by atoms with Crippen molar-refractivity contribution in [3.05, 3.63) is 0 Å². The Labute approximate surface area is 91.6 Å². The summed E-state index contributed by atoms with van der Waals surface area (Å²) in [4.78, 5) is 11.3. The minimum absolute atomic E-state index is 0.0231. The maximum Gasteiger partial charge on any atom is 0.407 e. The normalized spacial score (nSPS) is 33.4. The van der Waals surface area contributed by atoms with Crippen LogP contribution in [-0.2, 0) is 4.74 Å². The Bertz CT molecular complexity index is 240. The average Bonchev–Trinajstić information content (AvgIpc) is 2.74. The predicted molar refractivity (Wildman–Crippen MR) is 58.6 cm³/mol. The fraction of sp³-hybridized carbons (Fsp3) is 0.917. The van der Waals surface area contributed by atoms with Crippen LogP contribution in [-0.4, -0.2) is 18.7 Å². The molecule has 0 aliphatic heterocycles. The van der Waals surface area contributed by atoms with Crippen LogP contribution in [0.4, 0.5) is 4.79 Å². The van der Waals surface area contributed by atoms with Crippen LogP contribution in [0.1, 0.15) is 39.5 Å². The molecule has 3 nitrogen and oxygen atoms in total. The lowest BCUT2D eigenvalue weighted by molar-refractivity contribution is 0.113. The maximum atomic E-state index is 11.3. The van der Waals surface area contributed by atoms with Crippen molar-refractivity contribution in [2.24, 2.45) is 17.8 Å². The number of hydrogen-bond donors (Lipinski definition) is 1. The highest BCUT2D eigenvalue weighted by molar-refractivity contribution is 5.67. The fourth-order valence-electron chi connectivity index (χ4n) is 3.10. The van der Waals surface area contributed by atoms with Crippen molar-refractivity contribution in [2.45, 2.75) is 45.6 Å². The average molecular weight is 211 g/mol. The maximum absolute atomic E-state index is 11.3. The molecule has 0 saturated heterocycles. The molecule has 0 heterocycles. The van der Waals surface area contributed by atoms with Gasteiger partial charge >= 0.3 is 6.09 Å². The van der Waals surface area contributed by atoms with E-state index in [0.29, 0.717) is 5.92 Å². The molecule has 0 aromatic carbocycles. The lowest BCUT2D eigenvalue weighted by Crippen LogP contribution is -2.33. The Kier molecular flexibility index (Phi) is 3.17. The van der Waals surface area contributed by atoms with Crippen LogP contribution in [0.15, 0.2) is 0 Å². The topological polar surface area (TPSA) is 38.3 Å². The van der Waals surface area contributed by atoms with Gasteiger partial charge in [-0.3, -0.25) is 0 Å². The third kappa shape index (κ3) is 2.64. The summed E-state index contributed by atoms with van der Waals surface area (Å²) in [5.41, 5.74) is 0. The fourth-order valence-corrected chi connectivity index (χ4v) is 3.10. The molecule has 1 amide bonds. The smallest absolute Gasteiger partial charge is 0.407 e. The zero-order chi connectivity index (χ0) is 10.8. The number of ether oxygens (including phenoxy) is 1. The van der Waals surface area contributed by atoms with Gasteiger partial charge in [-0.15, -0.1) is 0 Å². The first-order valence-corrected chi connectivity index (χ1v) is 6.09. The highest BCUT2D eigenvalue weighted by atomic mass is 16.6. The second-order valence-electron chi connectivity index (χ2n) is 5.27. The van der Waals surface area contributed by atoms with E-state index in [-0.39, 0.29) is 12.2 Å². The standard InChI is InChI=1S/C12H21NO2/c1-8(2)15-12(14)13-7-11-6-9-3-4-10(11)5-9/h8-11H,3-7H2,1-2H3,(H,13,14). The van der Waals surface area contributed by atoms with Crippen LogP contribution < -0.4 is 5.32 Å². The van der Waals surface area contributed by atoms with Gasteiger partial charge in [0, 0.05) is 6.54 Å². The van der Waals surface area contributed by atoms with E-state index in [9.17, 15) is 4.79 Å². The van der Waals surface area contributed by atoms with Crippen molar-refractivity contribution in [2.75, 3.05) is 6.54 Å². The molecule has 0 aromatic heterocycles. The second kappa shape index (κ2) is 4.42. The van der Waals surface area contributed by atoms with E-state index < -0.39 is 0 Å². The Balaban J connectivity index is 1.68. The summed E-state index contributed by atoms with van der Waals surface area (Å²) < 4.78 is 5.04. The molecule has 2 fully saturated rings. The zero-order valence-corrected chi connectivity index (χ0v) is 9.66. The summed E-state index contributed by atoms with van der Waals surface area (Å²) in [5.74, 6) is 2.53. The number of carbonyl (C=O) groups excluding carboxylic acids is 1. The first-order valence-electron chi connectivity index (χ1n) is 6.09. The molecule has 15 heavy (non-hydrogen) atoms. The SMILES string of the molecule is CC(C)OC(=O)NCC1CC2CCC1C2. The van der Waals surface area contributed by atoms with Gasteiger partial charge in [0.1, 0.15) is 0 Å². The van der Waals surface area contributed by atoms with Crippen LogP contribution in [0.3, 0.4) is 0 Å². The van der Waals surface area contributed by atoms with Gasteiger partial charge in [0.05, 0.1) is 6.10 Å². The third-order valence-corrected chi connectivity index (χ3v) is 3.74. The Morgan fingerprint density at radius 2 is 2.20 bits per heavy atom. The summed E-state index contributed by atoms with van der Waals surface area (Å²) in [6, 6.07) is 0. The molecule has 1 N–H and O–H groups in total. The molecular weight excluding hydrogens is 190 g/mol. The van der Waals surface area contributed by atoms with Crippen molar-refractivity contribution in [1.82, 2.24) is 5.32 Å². The number of nitrogens with one attached hydrogen (secondary N) is 1. The third-order valence-electron chi connectivity index (χ3n) is 3.74. The molecule has 2 aliphatic rings. The molecule has 86 valence electrons. The van der Waals surface area contributed by atoms with Crippen LogP contribution in [0.25, 0.3) is 0 Å². The van der Waals surface area contributed by atoms with Crippen molar-refractivity contribution in [1.29, 1.82) is 0 Å². The molecule has 0 radical (unpaired) electrons. The van der Waals surface area contributed by atoms with E-state index in [4.69, 9.17) is 4.74 Å². The molecular formula is C12H21NO2. The van der Waals surface area contributed by atoms with Crippen LogP contribution in [0.5, 0.6) is 0 Å². The van der Waals surface area contributed by atoms with E-state index in [1.807, 2.05) is 13.8 Å². The first-order chi connectivity index (χ1) is 7.15. The van der Waals surface area contributed by atoms with Crippen LogP contribution >= 0.6 is 0 Å². The van der Waals surface area contributed by atoms with E-state index in [1.165, 1.54) is 25.7 Å².